The highest BCUT2D eigenvalue weighted by Crippen LogP contribution is 2.35. The molecule has 102 valence electrons. The standard InChI is InChI=1S/C15H26N2O/c1-11-5-6-13(18-11)14(12(2)16)17-9-7-15(3,4)8-10-17/h5-6,12,14H,7-10,16H2,1-4H3. The van der Waals surface area contributed by atoms with Gasteiger partial charge in [-0.25, -0.2) is 0 Å². The maximum absolute atomic E-state index is 6.17. The van der Waals surface area contributed by atoms with Gasteiger partial charge in [-0.05, 0) is 57.3 Å². The molecule has 2 rings (SSSR count). The number of likely N-dealkylation sites (tertiary alicyclic amines) is 1. The number of nitrogens with zero attached hydrogens (tertiary/aromatic N) is 1. The van der Waals surface area contributed by atoms with Crippen molar-refractivity contribution in [2.75, 3.05) is 13.1 Å². The summed E-state index contributed by atoms with van der Waals surface area (Å²) in [5, 5.41) is 0. The number of nitrogens with two attached hydrogens (primary N) is 1. The third-order valence-electron chi connectivity index (χ3n) is 4.10. The van der Waals surface area contributed by atoms with Crippen LogP contribution in [0.4, 0.5) is 0 Å². The van der Waals surface area contributed by atoms with Gasteiger partial charge < -0.3 is 10.2 Å². The van der Waals surface area contributed by atoms with Gasteiger partial charge in [0.2, 0.25) is 0 Å². The van der Waals surface area contributed by atoms with E-state index >= 15 is 0 Å². The lowest BCUT2D eigenvalue weighted by Crippen LogP contribution is -2.45. The molecule has 0 spiro atoms. The molecule has 3 nitrogen and oxygen atoms in total. The largest absolute Gasteiger partial charge is 0.465 e. The van der Waals surface area contributed by atoms with Crippen LogP contribution in [0, 0.1) is 12.3 Å². The van der Waals surface area contributed by atoms with Crippen molar-refractivity contribution in [2.24, 2.45) is 11.1 Å². The van der Waals surface area contributed by atoms with Gasteiger partial charge in [0.25, 0.3) is 0 Å². The summed E-state index contributed by atoms with van der Waals surface area (Å²) in [5.41, 5.74) is 6.64. The summed E-state index contributed by atoms with van der Waals surface area (Å²) in [6, 6.07) is 4.41. The van der Waals surface area contributed by atoms with E-state index in [1.165, 1.54) is 12.8 Å². The van der Waals surface area contributed by atoms with Crippen molar-refractivity contribution >= 4 is 0 Å². The van der Waals surface area contributed by atoms with E-state index in [1.54, 1.807) is 0 Å². The summed E-state index contributed by atoms with van der Waals surface area (Å²) in [7, 11) is 0. The van der Waals surface area contributed by atoms with E-state index in [0.717, 1.165) is 24.6 Å². The number of furan rings is 1. The SMILES string of the molecule is Cc1ccc(C(C(C)N)N2CCC(C)(C)CC2)o1. The average molecular weight is 250 g/mol. The number of piperidine rings is 1. The van der Waals surface area contributed by atoms with Crippen LogP contribution in [0.1, 0.15) is 51.2 Å². The zero-order chi connectivity index (χ0) is 13.3. The second-order valence-electron chi connectivity index (χ2n) is 6.45. The lowest BCUT2D eigenvalue weighted by Gasteiger charge is -2.41. The Morgan fingerprint density at radius 2 is 1.89 bits per heavy atom. The van der Waals surface area contributed by atoms with Gasteiger partial charge in [0.1, 0.15) is 11.5 Å². The molecule has 0 bridgehead atoms. The zero-order valence-electron chi connectivity index (χ0n) is 12.1. The van der Waals surface area contributed by atoms with Crippen LogP contribution in [0.2, 0.25) is 0 Å². The molecule has 0 aliphatic carbocycles. The van der Waals surface area contributed by atoms with Gasteiger partial charge in [0.15, 0.2) is 0 Å². The van der Waals surface area contributed by atoms with Crippen molar-refractivity contribution in [1.82, 2.24) is 4.90 Å². The van der Waals surface area contributed by atoms with E-state index in [4.69, 9.17) is 10.2 Å². The van der Waals surface area contributed by atoms with Gasteiger partial charge in [0.05, 0.1) is 6.04 Å². The van der Waals surface area contributed by atoms with Crippen molar-refractivity contribution in [3.63, 3.8) is 0 Å². The maximum atomic E-state index is 6.17. The first-order valence-corrected chi connectivity index (χ1v) is 6.95. The molecule has 0 radical (unpaired) electrons. The summed E-state index contributed by atoms with van der Waals surface area (Å²) in [6.45, 7) is 11.0. The van der Waals surface area contributed by atoms with Crippen LogP contribution >= 0.6 is 0 Å². The Morgan fingerprint density at radius 1 is 1.28 bits per heavy atom. The second kappa shape index (κ2) is 5.06. The van der Waals surface area contributed by atoms with E-state index < -0.39 is 0 Å². The first kappa shape index (κ1) is 13.6. The fourth-order valence-corrected chi connectivity index (χ4v) is 2.79. The topological polar surface area (TPSA) is 42.4 Å². The van der Waals surface area contributed by atoms with Crippen molar-refractivity contribution in [3.05, 3.63) is 23.7 Å². The summed E-state index contributed by atoms with van der Waals surface area (Å²) < 4.78 is 5.79. The summed E-state index contributed by atoms with van der Waals surface area (Å²) >= 11 is 0. The predicted molar refractivity (Wildman–Crippen MR) is 74.4 cm³/mol. The Labute approximate surface area is 110 Å². The lowest BCUT2D eigenvalue weighted by molar-refractivity contribution is 0.0737. The normalized spacial score (nSPS) is 23.8. The molecule has 1 saturated heterocycles. The molecule has 1 fully saturated rings. The average Bonchev–Trinajstić information content (AvgIpc) is 2.67. The van der Waals surface area contributed by atoms with Gasteiger partial charge in [-0.2, -0.15) is 0 Å². The molecule has 1 aromatic heterocycles. The fourth-order valence-electron chi connectivity index (χ4n) is 2.79. The highest BCUT2D eigenvalue weighted by Gasteiger charge is 2.32. The first-order valence-electron chi connectivity index (χ1n) is 6.95. The van der Waals surface area contributed by atoms with Gasteiger partial charge in [-0.3, -0.25) is 4.90 Å². The van der Waals surface area contributed by atoms with Crippen LogP contribution in [-0.4, -0.2) is 24.0 Å². The van der Waals surface area contributed by atoms with Gasteiger partial charge in [-0.15, -0.1) is 0 Å². The van der Waals surface area contributed by atoms with Crippen molar-refractivity contribution in [3.8, 4) is 0 Å². The van der Waals surface area contributed by atoms with Crippen molar-refractivity contribution in [2.45, 2.75) is 52.6 Å². The monoisotopic (exact) mass is 250 g/mol. The van der Waals surface area contributed by atoms with Gasteiger partial charge in [0, 0.05) is 6.04 Å². The number of rotatable bonds is 3. The van der Waals surface area contributed by atoms with E-state index in [1.807, 2.05) is 13.0 Å². The Morgan fingerprint density at radius 3 is 2.33 bits per heavy atom. The molecule has 18 heavy (non-hydrogen) atoms. The quantitative estimate of drug-likeness (QED) is 0.896. The second-order valence-corrected chi connectivity index (χ2v) is 6.45. The van der Waals surface area contributed by atoms with Crippen LogP contribution in [0.15, 0.2) is 16.5 Å². The minimum Gasteiger partial charge on any atom is -0.465 e. The number of hydrogen-bond donors (Lipinski definition) is 1. The van der Waals surface area contributed by atoms with Crippen LogP contribution in [0.3, 0.4) is 0 Å². The van der Waals surface area contributed by atoms with E-state index in [9.17, 15) is 0 Å². The van der Waals surface area contributed by atoms with Crippen molar-refractivity contribution in [1.29, 1.82) is 0 Å². The molecule has 2 unspecified atom stereocenters. The first-order chi connectivity index (χ1) is 8.39. The molecule has 1 aliphatic heterocycles. The minimum absolute atomic E-state index is 0.0942. The molecule has 2 heterocycles. The molecule has 3 heteroatoms. The van der Waals surface area contributed by atoms with Gasteiger partial charge >= 0.3 is 0 Å². The Kier molecular flexibility index (Phi) is 3.83. The minimum atomic E-state index is 0.0942. The molecule has 0 saturated carbocycles. The van der Waals surface area contributed by atoms with E-state index in [0.29, 0.717) is 5.41 Å². The Hall–Kier alpha value is -0.800. The number of hydrogen-bond acceptors (Lipinski definition) is 3. The fraction of sp³-hybridized carbons (Fsp3) is 0.733. The predicted octanol–water partition coefficient (Wildman–Crippen LogP) is 3.10. The third kappa shape index (κ3) is 2.96. The molecule has 0 amide bonds. The van der Waals surface area contributed by atoms with Crippen LogP contribution in [0.25, 0.3) is 0 Å². The Balaban J connectivity index is 2.12. The third-order valence-corrected chi connectivity index (χ3v) is 4.10. The van der Waals surface area contributed by atoms with Crippen molar-refractivity contribution < 1.29 is 4.42 Å². The molecule has 1 aromatic rings. The van der Waals surface area contributed by atoms with E-state index in [2.05, 4.69) is 31.7 Å². The van der Waals surface area contributed by atoms with Crippen LogP contribution in [-0.2, 0) is 0 Å². The molecule has 2 N–H and O–H groups in total. The molecular formula is C15H26N2O. The molecular weight excluding hydrogens is 224 g/mol. The Bertz CT molecular complexity index is 385. The molecule has 0 aromatic carbocycles. The van der Waals surface area contributed by atoms with Gasteiger partial charge in [-0.1, -0.05) is 13.8 Å². The maximum Gasteiger partial charge on any atom is 0.122 e. The molecule has 2 atom stereocenters. The highest BCUT2D eigenvalue weighted by molar-refractivity contribution is 5.12. The molecule has 1 aliphatic rings. The zero-order valence-corrected chi connectivity index (χ0v) is 12.1. The summed E-state index contributed by atoms with van der Waals surface area (Å²) in [4.78, 5) is 2.48. The van der Waals surface area contributed by atoms with E-state index in [-0.39, 0.29) is 12.1 Å². The lowest BCUT2D eigenvalue weighted by atomic mass is 9.82. The van der Waals surface area contributed by atoms with Crippen LogP contribution in [0.5, 0.6) is 0 Å². The van der Waals surface area contributed by atoms with Crippen LogP contribution < -0.4 is 5.73 Å². The highest BCUT2D eigenvalue weighted by atomic mass is 16.3. The smallest absolute Gasteiger partial charge is 0.122 e. The summed E-state index contributed by atoms with van der Waals surface area (Å²) in [5.74, 6) is 1.98. The summed E-state index contributed by atoms with van der Waals surface area (Å²) in [6.07, 6.45) is 2.46. The number of aryl methyl sites for hydroxylation is 1.